The van der Waals surface area contributed by atoms with Crippen LogP contribution >= 0.6 is 40.1 Å². The summed E-state index contributed by atoms with van der Waals surface area (Å²) in [5.74, 6) is 0.0868. The van der Waals surface area contributed by atoms with Crippen LogP contribution in [0.5, 0.6) is 0 Å². The lowest BCUT2D eigenvalue weighted by molar-refractivity contribution is -0.121. The van der Waals surface area contributed by atoms with Crippen LogP contribution in [0.15, 0.2) is 33.6 Å². The van der Waals surface area contributed by atoms with E-state index < -0.39 is 0 Å². The molecule has 0 spiro atoms. The number of hydrogen-bond donors (Lipinski definition) is 2. The predicted molar refractivity (Wildman–Crippen MR) is 88.0 cm³/mol. The van der Waals surface area contributed by atoms with Crippen LogP contribution in [0.3, 0.4) is 0 Å². The summed E-state index contributed by atoms with van der Waals surface area (Å²) in [4.78, 5) is 12.6. The van der Waals surface area contributed by atoms with Gasteiger partial charge in [-0.3, -0.25) is 4.79 Å². The predicted octanol–water partition coefficient (Wildman–Crippen LogP) is 3.21. The van der Waals surface area contributed by atoms with Crippen molar-refractivity contribution in [3.63, 3.8) is 0 Å². The Morgan fingerprint density at radius 3 is 2.63 bits per heavy atom. The molecule has 6 heteroatoms. The lowest BCUT2D eigenvalue weighted by Gasteiger charge is -2.12. The molecule has 0 aliphatic carbocycles. The minimum absolute atomic E-state index is 0. The second kappa shape index (κ2) is 10.5. The van der Waals surface area contributed by atoms with E-state index in [1.54, 1.807) is 11.8 Å². The molecule has 3 N–H and O–H groups in total. The van der Waals surface area contributed by atoms with Crippen LogP contribution in [0.25, 0.3) is 0 Å². The number of benzene rings is 1. The van der Waals surface area contributed by atoms with Gasteiger partial charge < -0.3 is 11.1 Å². The Bertz CT molecular complexity index is 375. The highest BCUT2D eigenvalue weighted by Gasteiger charge is 2.06. The normalized spacial score (nSPS) is 11.5. The Hall–Kier alpha value is -0.230. The van der Waals surface area contributed by atoms with Crippen LogP contribution in [-0.4, -0.2) is 24.2 Å². The SMILES string of the molecule is CC(CNC(=O)CCCN)Sc1ccc(Br)cc1.Cl. The Morgan fingerprint density at radius 1 is 1.42 bits per heavy atom. The van der Waals surface area contributed by atoms with Crippen LogP contribution in [0.4, 0.5) is 0 Å². The molecule has 0 aromatic heterocycles. The van der Waals surface area contributed by atoms with Crippen molar-refractivity contribution in [2.45, 2.75) is 29.9 Å². The van der Waals surface area contributed by atoms with Crippen LogP contribution in [0.2, 0.25) is 0 Å². The third-order valence-corrected chi connectivity index (χ3v) is 3.99. The standard InChI is InChI=1S/C13H19BrN2OS.ClH/c1-10(9-16-13(17)3-2-8-15)18-12-6-4-11(14)5-7-12;/h4-7,10H,2-3,8-9,15H2,1H3,(H,16,17);1H. The van der Waals surface area contributed by atoms with Gasteiger partial charge in [0.25, 0.3) is 0 Å². The summed E-state index contributed by atoms with van der Waals surface area (Å²) in [5.41, 5.74) is 5.36. The Balaban J connectivity index is 0.00000324. The summed E-state index contributed by atoms with van der Waals surface area (Å²) in [6.07, 6.45) is 1.27. The van der Waals surface area contributed by atoms with Crippen molar-refractivity contribution in [3.8, 4) is 0 Å². The molecule has 0 radical (unpaired) electrons. The number of hydrogen-bond acceptors (Lipinski definition) is 3. The van der Waals surface area contributed by atoms with E-state index in [9.17, 15) is 4.79 Å². The van der Waals surface area contributed by atoms with E-state index in [0.717, 1.165) is 10.9 Å². The zero-order valence-electron chi connectivity index (χ0n) is 10.9. The smallest absolute Gasteiger partial charge is 0.220 e. The van der Waals surface area contributed by atoms with Gasteiger partial charge >= 0.3 is 0 Å². The third kappa shape index (κ3) is 8.52. The fourth-order valence-corrected chi connectivity index (χ4v) is 2.58. The summed E-state index contributed by atoms with van der Waals surface area (Å²) in [5, 5.41) is 3.28. The summed E-state index contributed by atoms with van der Waals surface area (Å²) >= 11 is 5.17. The molecule has 0 saturated carbocycles. The van der Waals surface area contributed by atoms with Crippen molar-refractivity contribution in [2.24, 2.45) is 5.73 Å². The lowest BCUT2D eigenvalue weighted by atomic mass is 10.3. The number of nitrogens with two attached hydrogens (primary N) is 1. The number of thioether (sulfide) groups is 1. The molecule has 1 aromatic rings. The van der Waals surface area contributed by atoms with Crippen molar-refractivity contribution in [1.29, 1.82) is 0 Å². The van der Waals surface area contributed by atoms with Gasteiger partial charge in [-0.1, -0.05) is 22.9 Å². The van der Waals surface area contributed by atoms with Crippen molar-refractivity contribution in [1.82, 2.24) is 5.32 Å². The number of halogens is 2. The van der Waals surface area contributed by atoms with Gasteiger partial charge in [-0.05, 0) is 37.2 Å². The van der Waals surface area contributed by atoms with E-state index in [1.807, 2.05) is 12.1 Å². The maximum absolute atomic E-state index is 11.4. The number of carbonyl (C=O) groups is 1. The van der Waals surface area contributed by atoms with Gasteiger partial charge in [0.05, 0.1) is 0 Å². The fourth-order valence-electron chi connectivity index (χ4n) is 1.40. The third-order valence-electron chi connectivity index (χ3n) is 2.35. The highest BCUT2D eigenvalue weighted by Crippen LogP contribution is 2.24. The summed E-state index contributed by atoms with van der Waals surface area (Å²) in [7, 11) is 0. The Kier molecular flexibility index (Phi) is 10.4. The van der Waals surface area contributed by atoms with Gasteiger partial charge in [-0.25, -0.2) is 0 Å². The zero-order chi connectivity index (χ0) is 13.4. The van der Waals surface area contributed by atoms with E-state index in [2.05, 4.69) is 40.3 Å². The van der Waals surface area contributed by atoms with Crippen molar-refractivity contribution in [3.05, 3.63) is 28.7 Å². The van der Waals surface area contributed by atoms with Crippen molar-refractivity contribution in [2.75, 3.05) is 13.1 Å². The first-order valence-electron chi connectivity index (χ1n) is 6.01. The van der Waals surface area contributed by atoms with E-state index in [-0.39, 0.29) is 18.3 Å². The molecule has 19 heavy (non-hydrogen) atoms. The molecule has 0 heterocycles. The largest absolute Gasteiger partial charge is 0.355 e. The van der Waals surface area contributed by atoms with Crippen LogP contribution < -0.4 is 11.1 Å². The molecule has 0 saturated heterocycles. The van der Waals surface area contributed by atoms with E-state index in [0.29, 0.717) is 24.8 Å². The monoisotopic (exact) mass is 366 g/mol. The summed E-state index contributed by atoms with van der Waals surface area (Å²) < 4.78 is 1.08. The number of rotatable bonds is 7. The highest BCUT2D eigenvalue weighted by molar-refractivity contribution is 9.10. The molecule has 0 aliphatic heterocycles. The van der Waals surface area contributed by atoms with Crippen molar-refractivity contribution < 1.29 is 4.79 Å². The molecule has 0 aliphatic rings. The van der Waals surface area contributed by atoms with Gasteiger partial charge in [0.1, 0.15) is 0 Å². The molecular weight excluding hydrogens is 348 g/mol. The highest BCUT2D eigenvalue weighted by atomic mass is 79.9. The maximum Gasteiger partial charge on any atom is 0.220 e. The number of carbonyl (C=O) groups excluding carboxylic acids is 1. The van der Waals surface area contributed by atoms with Crippen molar-refractivity contribution >= 4 is 46.0 Å². The van der Waals surface area contributed by atoms with Crippen LogP contribution in [0.1, 0.15) is 19.8 Å². The first-order chi connectivity index (χ1) is 8.61. The topological polar surface area (TPSA) is 55.1 Å². The Morgan fingerprint density at radius 2 is 2.05 bits per heavy atom. The minimum Gasteiger partial charge on any atom is -0.355 e. The van der Waals surface area contributed by atoms with Gasteiger partial charge in [0.15, 0.2) is 0 Å². The number of amides is 1. The minimum atomic E-state index is 0. The maximum atomic E-state index is 11.4. The van der Waals surface area contributed by atoms with E-state index in [4.69, 9.17) is 5.73 Å². The molecule has 1 aromatic carbocycles. The molecule has 0 fully saturated rings. The average molecular weight is 368 g/mol. The molecule has 108 valence electrons. The Labute approximate surface area is 133 Å². The van der Waals surface area contributed by atoms with E-state index >= 15 is 0 Å². The fraction of sp³-hybridized carbons (Fsp3) is 0.462. The average Bonchev–Trinajstić information content (AvgIpc) is 2.36. The quantitative estimate of drug-likeness (QED) is 0.728. The molecule has 1 unspecified atom stereocenters. The lowest BCUT2D eigenvalue weighted by Crippen LogP contribution is -2.29. The molecule has 0 bridgehead atoms. The summed E-state index contributed by atoms with van der Waals surface area (Å²) in [6.45, 7) is 3.36. The second-order valence-electron chi connectivity index (χ2n) is 4.08. The van der Waals surface area contributed by atoms with Gasteiger partial charge in [0.2, 0.25) is 5.91 Å². The molecule has 1 amide bonds. The molecular formula is C13H20BrClN2OS. The van der Waals surface area contributed by atoms with Crippen LogP contribution in [0, 0.1) is 0 Å². The molecule has 3 nitrogen and oxygen atoms in total. The zero-order valence-corrected chi connectivity index (χ0v) is 14.1. The first kappa shape index (κ1) is 18.8. The first-order valence-corrected chi connectivity index (χ1v) is 7.68. The van der Waals surface area contributed by atoms with Crippen LogP contribution in [-0.2, 0) is 4.79 Å². The molecule has 1 atom stereocenters. The van der Waals surface area contributed by atoms with Gasteiger partial charge in [-0.2, -0.15) is 0 Å². The molecule has 1 rings (SSSR count). The van der Waals surface area contributed by atoms with Gasteiger partial charge in [0, 0.05) is 27.6 Å². The number of nitrogens with one attached hydrogen (secondary N) is 1. The second-order valence-corrected chi connectivity index (χ2v) is 6.51. The van der Waals surface area contributed by atoms with E-state index in [1.165, 1.54) is 4.90 Å². The summed E-state index contributed by atoms with van der Waals surface area (Å²) in [6, 6.07) is 8.19. The van der Waals surface area contributed by atoms with Gasteiger partial charge in [-0.15, -0.1) is 24.2 Å².